The monoisotopic (exact) mass is 391 g/mol. The summed E-state index contributed by atoms with van der Waals surface area (Å²) in [4.78, 5) is 31.7. The zero-order valence-corrected chi connectivity index (χ0v) is 16.6. The molecule has 0 bridgehead atoms. The third kappa shape index (κ3) is 3.62. The number of esters is 1. The molecule has 1 aliphatic rings. The summed E-state index contributed by atoms with van der Waals surface area (Å²) in [6.45, 7) is 1.69. The Morgan fingerprint density at radius 2 is 1.72 bits per heavy atom. The normalized spacial score (nSPS) is 16.0. The van der Waals surface area contributed by atoms with Crippen LogP contribution in [0.2, 0.25) is 0 Å². The van der Waals surface area contributed by atoms with Crippen LogP contribution in [0.3, 0.4) is 0 Å². The van der Waals surface area contributed by atoms with E-state index in [2.05, 4.69) is 4.98 Å². The summed E-state index contributed by atoms with van der Waals surface area (Å²) in [5, 5.41) is 0. The largest absolute Gasteiger partial charge is 0.468 e. The van der Waals surface area contributed by atoms with Crippen molar-refractivity contribution in [3.8, 4) is 0 Å². The van der Waals surface area contributed by atoms with Crippen LogP contribution in [-0.4, -0.2) is 46.5 Å². The second-order valence-corrected chi connectivity index (χ2v) is 7.50. The maximum Gasteiger partial charge on any atom is 0.316 e. The van der Waals surface area contributed by atoms with E-state index in [9.17, 15) is 9.59 Å². The van der Waals surface area contributed by atoms with E-state index >= 15 is 0 Å². The Kier molecular flexibility index (Phi) is 5.34. The van der Waals surface area contributed by atoms with Gasteiger partial charge in [-0.25, -0.2) is 4.98 Å². The number of likely N-dealkylation sites (tertiary alicyclic amines) is 1. The van der Waals surface area contributed by atoms with E-state index < -0.39 is 5.41 Å². The van der Waals surface area contributed by atoms with Crippen LogP contribution in [0.5, 0.6) is 0 Å². The van der Waals surface area contributed by atoms with Gasteiger partial charge >= 0.3 is 5.97 Å². The molecule has 2 heterocycles. The first kappa shape index (κ1) is 19.2. The Morgan fingerprint density at radius 1 is 1.03 bits per heavy atom. The Morgan fingerprint density at radius 3 is 2.45 bits per heavy atom. The molecular weight excluding hydrogens is 366 g/mol. The van der Waals surface area contributed by atoms with Crippen molar-refractivity contribution in [2.75, 3.05) is 20.2 Å². The zero-order chi connectivity index (χ0) is 20.3. The van der Waals surface area contributed by atoms with Crippen molar-refractivity contribution in [2.24, 2.45) is 0 Å². The van der Waals surface area contributed by atoms with Gasteiger partial charge in [-0.15, -0.1) is 0 Å². The molecule has 0 unspecified atom stereocenters. The van der Waals surface area contributed by atoms with E-state index in [1.807, 2.05) is 64.1 Å². The molecule has 1 amide bonds. The van der Waals surface area contributed by atoms with Crippen LogP contribution in [0.15, 0.2) is 60.9 Å². The van der Waals surface area contributed by atoms with Crippen molar-refractivity contribution >= 4 is 22.9 Å². The van der Waals surface area contributed by atoms with E-state index in [4.69, 9.17) is 4.74 Å². The molecule has 2 aromatic carbocycles. The Labute approximate surface area is 170 Å². The lowest BCUT2D eigenvalue weighted by Crippen LogP contribution is -2.49. The van der Waals surface area contributed by atoms with Crippen LogP contribution in [0.25, 0.3) is 11.0 Å². The molecule has 0 radical (unpaired) electrons. The number of benzene rings is 2. The fraction of sp³-hybridized carbons (Fsp3) is 0.348. The number of amides is 1. The number of fused-ring (bicyclic) bond motifs is 1. The highest BCUT2D eigenvalue weighted by molar-refractivity contribution is 5.84. The maximum absolute atomic E-state index is 12.8. The molecule has 0 atom stereocenters. The van der Waals surface area contributed by atoms with Crippen LogP contribution in [-0.2, 0) is 26.3 Å². The van der Waals surface area contributed by atoms with Crippen molar-refractivity contribution in [1.29, 1.82) is 0 Å². The van der Waals surface area contributed by atoms with E-state index in [1.165, 1.54) is 7.11 Å². The molecule has 6 heteroatoms. The lowest BCUT2D eigenvalue weighted by molar-refractivity contribution is -0.151. The highest BCUT2D eigenvalue weighted by atomic mass is 16.5. The second kappa shape index (κ2) is 8.07. The Hall–Kier alpha value is -3.15. The SMILES string of the molecule is COC(=O)C1(c2ccccc2)CCN(C(=O)CCn2cnc3ccccc32)CC1. The van der Waals surface area contributed by atoms with Gasteiger partial charge in [-0.2, -0.15) is 0 Å². The molecule has 4 rings (SSSR count). The summed E-state index contributed by atoms with van der Waals surface area (Å²) in [5.74, 6) is -0.116. The summed E-state index contributed by atoms with van der Waals surface area (Å²) in [5.41, 5.74) is 2.26. The van der Waals surface area contributed by atoms with Gasteiger partial charge in [0, 0.05) is 26.1 Å². The fourth-order valence-electron chi connectivity index (χ4n) is 4.26. The minimum Gasteiger partial charge on any atom is -0.468 e. The van der Waals surface area contributed by atoms with Gasteiger partial charge in [0.1, 0.15) is 0 Å². The second-order valence-electron chi connectivity index (χ2n) is 7.50. The molecule has 1 aromatic heterocycles. The van der Waals surface area contributed by atoms with Crippen LogP contribution >= 0.6 is 0 Å². The summed E-state index contributed by atoms with van der Waals surface area (Å²) in [6, 6.07) is 17.7. The molecule has 1 aliphatic heterocycles. The van der Waals surface area contributed by atoms with E-state index in [0.717, 1.165) is 16.6 Å². The highest BCUT2D eigenvalue weighted by Gasteiger charge is 2.44. The average molecular weight is 391 g/mol. The molecule has 0 N–H and O–H groups in total. The van der Waals surface area contributed by atoms with Crippen LogP contribution < -0.4 is 0 Å². The molecule has 3 aromatic rings. The lowest BCUT2D eigenvalue weighted by Gasteiger charge is -2.40. The molecule has 6 nitrogen and oxygen atoms in total. The van der Waals surface area contributed by atoms with Gasteiger partial charge < -0.3 is 14.2 Å². The van der Waals surface area contributed by atoms with Crippen LogP contribution in [0, 0.1) is 0 Å². The van der Waals surface area contributed by atoms with Gasteiger partial charge in [0.2, 0.25) is 5.91 Å². The minimum atomic E-state index is -0.673. The molecular formula is C23H25N3O3. The smallest absolute Gasteiger partial charge is 0.316 e. The number of ether oxygens (including phenoxy) is 1. The van der Waals surface area contributed by atoms with Crippen molar-refractivity contribution in [2.45, 2.75) is 31.2 Å². The molecule has 1 saturated heterocycles. The van der Waals surface area contributed by atoms with Crippen LogP contribution in [0.1, 0.15) is 24.8 Å². The third-order valence-corrected chi connectivity index (χ3v) is 5.97. The first-order valence-corrected chi connectivity index (χ1v) is 9.96. The number of aromatic nitrogens is 2. The number of hydrogen-bond acceptors (Lipinski definition) is 4. The van der Waals surface area contributed by atoms with Gasteiger partial charge in [0.15, 0.2) is 0 Å². The predicted octanol–water partition coefficient (Wildman–Crippen LogP) is 3.16. The summed E-state index contributed by atoms with van der Waals surface area (Å²) >= 11 is 0. The van der Waals surface area contributed by atoms with Crippen molar-refractivity contribution in [3.05, 3.63) is 66.5 Å². The van der Waals surface area contributed by atoms with Gasteiger partial charge in [-0.1, -0.05) is 42.5 Å². The first-order chi connectivity index (χ1) is 14.1. The van der Waals surface area contributed by atoms with E-state index in [1.54, 1.807) is 6.33 Å². The summed E-state index contributed by atoms with van der Waals surface area (Å²) < 4.78 is 7.14. The van der Waals surface area contributed by atoms with Gasteiger partial charge in [0.05, 0.1) is 29.9 Å². The van der Waals surface area contributed by atoms with Crippen molar-refractivity contribution in [1.82, 2.24) is 14.5 Å². The lowest BCUT2D eigenvalue weighted by atomic mass is 9.72. The molecule has 1 fully saturated rings. The Bertz CT molecular complexity index is 1000. The zero-order valence-electron chi connectivity index (χ0n) is 16.6. The third-order valence-electron chi connectivity index (χ3n) is 5.97. The number of para-hydroxylation sites is 2. The molecule has 0 spiro atoms. The summed E-state index contributed by atoms with van der Waals surface area (Å²) in [7, 11) is 1.43. The van der Waals surface area contributed by atoms with E-state index in [-0.39, 0.29) is 11.9 Å². The number of carbonyl (C=O) groups is 2. The number of hydrogen-bond donors (Lipinski definition) is 0. The highest BCUT2D eigenvalue weighted by Crippen LogP contribution is 2.37. The molecule has 150 valence electrons. The van der Waals surface area contributed by atoms with Gasteiger partial charge in [0.25, 0.3) is 0 Å². The standard InChI is InChI=1S/C23H25N3O3/c1-29-22(28)23(18-7-3-2-4-8-18)12-15-25(16-13-23)21(27)11-14-26-17-24-19-9-5-6-10-20(19)26/h2-10,17H,11-16H2,1H3. The maximum atomic E-state index is 12.8. The Balaban J connectivity index is 1.41. The number of carbonyl (C=O) groups excluding carboxylic acids is 2. The van der Waals surface area contributed by atoms with Gasteiger partial charge in [-0.3, -0.25) is 9.59 Å². The molecule has 0 saturated carbocycles. The summed E-state index contributed by atoms with van der Waals surface area (Å²) in [6.07, 6.45) is 3.34. The fourth-order valence-corrected chi connectivity index (χ4v) is 4.26. The predicted molar refractivity (Wildman–Crippen MR) is 110 cm³/mol. The topological polar surface area (TPSA) is 64.4 Å². The number of rotatable bonds is 5. The molecule has 0 aliphatic carbocycles. The van der Waals surface area contributed by atoms with Crippen LogP contribution in [0.4, 0.5) is 0 Å². The average Bonchev–Trinajstić information content (AvgIpc) is 3.20. The van der Waals surface area contributed by atoms with Gasteiger partial charge in [-0.05, 0) is 30.5 Å². The number of nitrogens with zero attached hydrogens (tertiary/aromatic N) is 3. The number of imidazole rings is 1. The number of piperidine rings is 1. The number of methoxy groups -OCH3 is 1. The van der Waals surface area contributed by atoms with Crippen molar-refractivity contribution < 1.29 is 14.3 Å². The minimum absolute atomic E-state index is 0.106. The quantitative estimate of drug-likeness (QED) is 0.627. The first-order valence-electron chi connectivity index (χ1n) is 9.96. The molecule has 29 heavy (non-hydrogen) atoms. The number of aryl methyl sites for hydroxylation is 1. The van der Waals surface area contributed by atoms with E-state index in [0.29, 0.717) is 38.9 Å². The van der Waals surface area contributed by atoms with Crippen molar-refractivity contribution in [3.63, 3.8) is 0 Å².